The predicted octanol–water partition coefficient (Wildman–Crippen LogP) is 3.95. The van der Waals surface area contributed by atoms with Gasteiger partial charge in [-0.3, -0.25) is 4.99 Å². The number of likely N-dealkylation sites (tertiary alicyclic amines) is 1. The minimum atomic E-state index is -0.212. The molecular formula is C23H39IN4O4. The number of piperidine rings is 1. The van der Waals surface area contributed by atoms with Crippen LogP contribution < -0.4 is 10.6 Å². The molecule has 8 nitrogen and oxygen atoms in total. The summed E-state index contributed by atoms with van der Waals surface area (Å²) in [5.41, 5.74) is 0. The van der Waals surface area contributed by atoms with Gasteiger partial charge < -0.3 is 29.4 Å². The summed E-state index contributed by atoms with van der Waals surface area (Å²) in [6, 6.07) is 4.19. The van der Waals surface area contributed by atoms with Crippen molar-refractivity contribution < 1.29 is 18.7 Å². The Bertz CT molecular complexity index is 657. The van der Waals surface area contributed by atoms with Crippen LogP contribution in [0.5, 0.6) is 0 Å². The molecule has 2 aliphatic rings. The van der Waals surface area contributed by atoms with E-state index >= 15 is 0 Å². The summed E-state index contributed by atoms with van der Waals surface area (Å²) >= 11 is 0. The van der Waals surface area contributed by atoms with Gasteiger partial charge in [0.05, 0.1) is 19.0 Å². The van der Waals surface area contributed by atoms with Gasteiger partial charge in [-0.2, -0.15) is 0 Å². The van der Waals surface area contributed by atoms with Gasteiger partial charge in [0.2, 0.25) is 0 Å². The summed E-state index contributed by atoms with van der Waals surface area (Å²) in [6.07, 6.45) is 10.2. The largest absolute Gasteiger partial charge is 0.469 e. The molecule has 32 heavy (non-hydrogen) atoms. The standard InChI is InChI=1S/C23H38N4O4.HI/c1-2-29-23(28)27-15-11-19(12-16-27)26-22(25-14-10-21-9-6-18-31-21)24-13-5-8-20-7-3-4-17-30-20;/h6,9,18-20H,2-5,7-8,10-17H2,1H3,(H2,24,25,26);1H. The topological polar surface area (TPSA) is 88.3 Å². The molecule has 0 aliphatic carbocycles. The van der Waals surface area contributed by atoms with Crippen LogP contribution in [0.1, 0.15) is 57.6 Å². The second-order valence-electron chi connectivity index (χ2n) is 8.22. The average molecular weight is 562 g/mol. The normalized spacial score (nSPS) is 19.8. The Morgan fingerprint density at radius 1 is 1.28 bits per heavy atom. The maximum Gasteiger partial charge on any atom is 0.409 e. The highest BCUT2D eigenvalue weighted by Crippen LogP contribution is 2.17. The monoisotopic (exact) mass is 562 g/mol. The number of nitrogens with zero attached hydrogens (tertiary/aromatic N) is 2. The first kappa shape index (κ1) is 26.8. The van der Waals surface area contributed by atoms with Crippen LogP contribution in [-0.2, 0) is 15.9 Å². The molecule has 182 valence electrons. The summed E-state index contributed by atoms with van der Waals surface area (Å²) in [5, 5.41) is 7.00. The fourth-order valence-corrected chi connectivity index (χ4v) is 4.07. The van der Waals surface area contributed by atoms with Crippen LogP contribution in [0, 0.1) is 0 Å². The van der Waals surface area contributed by atoms with Crippen molar-refractivity contribution in [3.63, 3.8) is 0 Å². The van der Waals surface area contributed by atoms with Crippen molar-refractivity contribution in [3.8, 4) is 0 Å². The fraction of sp³-hybridized carbons (Fsp3) is 0.739. The number of ether oxygens (including phenoxy) is 2. The third-order valence-corrected chi connectivity index (χ3v) is 5.83. The maximum absolute atomic E-state index is 11.9. The molecule has 0 aromatic carbocycles. The van der Waals surface area contributed by atoms with E-state index in [1.807, 2.05) is 19.1 Å². The molecule has 2 aliphatic heterocycles. The van der Waals surface area contributed by atoms with E-state index in [0.717, 1.165) is 63.5 Å². The molecule has 0 bridgehead atoms. The van der Waals surface area contributed by atoms with Crippen LogP contribution >= 0.6 is 24.0 Å². The first-order chi connectivity index (χ1) is 15.2. The van der Waals surface area contributed by atoms with Crippen molar-refractivity contribution in [1.82, 2.24) is 15.5 Å². The number of carbonyl (C=O) groups is 1. The molecule has 0 saturated carbocycles. The highest BCUT2D eigenvalue weighted by atomic mass is 127. The van der Waals surface area contributed by atoms with Gasteiger partial charge in [0.25, 0.3) is 0 Å². The predicted molar refractivity (Wildman–Crippen MR) is 136 cm³/mol. The molecule has 1 amide bonds. The Hall–Kier alpha value is -1.49. The number of halogens is 1. The van der Waals surface area contributed by atoms with E-state index in [2.05, 4.69) is 10.6 Å². The van der Waals surface area contributed by atoms with Crippen molar-refractivity contribution in [2.75, 3.05) is 39.4 Å². The van der Waals surface area contributed by atoms with Gasteiger partial charge >= 0.3 is 6.09 Å². The molecule has 1 atom stereocenters. The third-order valence-electron chi connectivity index (χ3n) is 5.83. The Kier molecular flexibility index (Phi) is 12.8. The lowest BCUT2D eigenvalue weighted by atomic mass is 10.0. The lowest BCUT2D eigenvalue weighted by Crippen LogP contribution is -2.50. The SMILES string of the molecule is CCOC(=O)N1CCC(NC(=NCCCC2CCCCO2)NCCc2ccco2)CC1.I. The number of hydrogen-bond donors (Lipinski definition) is 2. The van der Waals surface area contributed by atoms with Crippen molar-refractivity contribution in [1.29, 1.82) is 0 Å². The Morgan fingerprint density at radius 3 is 2.81 bits per heavy atom. The van der Waals surface area contributed by atoms with Crippen LogP contribution in [0.2, 0.25) is 0 Å². The van der Waals surface area contributed by atoms with Crippen molar-refractivity contribution >= 4 is 36.0 Å². The maximum atomic E-state index is 11.9. The van der Waals surface area contributed by atoms with E-state index in [9.17, 15) is 4.79 Å². The molecule has 0 radical (unpaired) electrons. The number of rotatable bonds is 9. The van der Waals surface area contributed by atoms with E-state index in [0.29, 0.717) is 31.8 Å². The van der Waals surface area contributed by atoms with E-state index in [4.69, 9.17) is 18.9 Å². The minimum Gasteiger partial charge on any atom is -0.469 e. The molecule has 3 heterocycles. The number of nitrogens with one attached hydrogen (secondary N) is 2. The smallest absolute Gasteiger partial charge is 0.409 e. The van der Waals surface area contributed by atoms with E-state index in [1.165, 1.54) is 19.3 Å². The Balaban J connectivity index is 0.00000363. The molecule has 0 spiro atoms. The van der Waals surface area contributed by atoms with Gasteiger partial charge in [0, 0.05) is 45.2 Å². The van der Waals surface area contributed by atoms with Crippen LogP contribution in [0.15, 0.2) is 27.8 Å². The number of aliphatic imine (C=N–C) groups is 1. The zero-order chi connectivity index (χ0) is 21.7. The highest BCUT2D eigenvalue weighted by molar-refractivity contribution is 14.0. The van der Waals surface area contributed by atoms with Crippen molar-refractivity contribution in [2.24, 2.45) is 4.99 Å². The van der Waals surface area contributed by atoms with Gasteiger partial charge in [-0.05, 0) is 64.0 Å². The molecule has 1 aromatic rings. The molecular weight excluding hydrogens is 523 g/mol. The zero-order valence-electron chi connectivity index (χ0n) is 19.2. The summed E-state index contributed by atoms with van der Waals surface area (Å²) in [7, 11) is 0. The number of guanidine groups is 1. The lowest BCUT2D eigenvalue weighted by molar-refractivity contribution is 0.0105. The molecule has 2 N–H and O–H groups in total. The average Bonchev–Trinajstić information content (AvgIpc) is 3.31. The molecule has 2 saturated heterocycles. The fourth-order valence-electron chi connectivity index (χ4n) is 4.07. The van der Waals surface area contributed by atoms with Gasteiger partial charge in [-0.25, -0.2) is 4.79 Å². The minimum absolute atomic E-state index is 0. The number of furan rings is 1. The molecule has 2 fully saturated rings. The molecule has 9 heteroatoms. The Labute approximate surface area is 208 Å². The second kappa shape index (κ2) is 15.4. The van der Waals surface area contributed by atoms with Crippen molar-refractivity contribution in [2.45, 2.75) is 70.4 Å². The van der Waals surface area contributed by atoms with Gasteiger partial charge in [0.15, 0.2) is 5.96 Å². The first-order valence-corrected chi connectivity index (χ1v) is 11.8. The summed E-state index contributed by atoms with van der Waals surface area (Å²) in [5.74, 6) is 1.80. The Morgan fingerprint density at radius 2 is 2.12 bits per heavy atom. The molecule has 1 aromatic heterocycles. The van der Waals surface area contributed by atoms with Gasteiger partial charge in [-0.15, -0.1) is 24.0 Å². The summed E-state index contributed by atoms with van der Waals surface area (Å²) in [6.45, 7) is 6.09. The number of carbonyl (C=O) groups excluding carboxylic acids is 1. The quantitative estimate of drug-likeness (QED) is 0.205. The second-order valence-corrected chi connectivity index (χ2v) is 8.22. The van der Waals surface area contributed by atoms with E-state index in [-0.39, 0.29) is 30.1 Å². The summed E-state index contributed by atoms with van der Waals surface area (Å²) in [4.78, 5) is 18.5. The van der Waals surface area contributed by atoms with Crippen LogP contribution in [-0.4, -0.2) is 68.5 Å². The third kappa shape index (κ3) is 9.56. The van der Waals surface area contributed by atoms with Gasteiger partial charge in [0.1, 0.15) is 5.76 Å². The summed E-state index contributed by atoms with van der Waals surface area (Å²) < 4.78 is 16.4. The van der Waals surface area contributed by atoms with Gasteiger partial charge in [-0.1, -0.05) is 0 Å². The number of amides is 1. The molecule has 1 unspecified atom stereocenters. The van der Waals surface area contributed by atoms with Crippen molar-refractivity contribution in [3.05, 3.63) is 24.2 Å². The van der Waals surface area contributed by atoms with Crippen LogP contribution in [0.3, 0.4) is 0 Å². The molecule has 3 rings (SSSR count). The number of hydrogen-bond acceptors (Lipinski definition) is 5. The van der Waals surface area contributed by atoms with E-state index in [1.54, 1.807) is 11.2 Å². The van der Waals surface area contributed by atoms with Crippen LogP contribution in [0.4, 0.5) is 4.79 Å². The zero-order valence-corrected chi connectivity index (χ0v) is 21.6. The van der Waals surface area contributed by atoms with Crippen LogP contribution in [0.25, 0.3) is 0 Å². The lowest BCUT2D eigenvalue weighted by Gasteiger charge is -2.32. The first-order valence-electron chi connectivity index (χ1n) is 11.8. The highest BCUT2D eigenvalue weighted by Gasteiger charge is 2.24. The van der Waals surface area contributed by atoms with E-state index < -0.39 is 0 Å².